The van der Waals surface area contributed by atoms with Crippen molar-refractivity contribution in [1.29, 1.82) is 5.26 Å². The minimum absolute atomic E-state index is 0.156. The fourth-order valence-corrected chi connectivity index (χ4v) is 6.51. The monoisotopic (exact) mass is 710 g/mol. The van der Waals surface area contributed by atoms with Gasteiger partial charge in [-0.3, -0.25) is 9.88 Å². The standard InChI is InChI=1S/C39H43ClN6O5/c1-24-11-37(42-4)46(24)38-44-33-14-28(9-10-34(33)51-38)31-8-6-7-29(25(31)2)21-50-36-15-35(49-20-27-12-26(16-41)17-43-18-27)30(13-32(36)40)19-45(5)39(3,22-47)23-48/h6-10,12-15,17-18,24,37,42,47-48H,11,19-23H2,1-5H3/t24-,37?/m1/s1. The van der Waals surface area contributed by atoms with E-state index in [2.05, 4.69) is 53.3 Å². The van der Waals surface area contributed by atoms with E-state index in [-0.39, 0.29) is 32.6 Å². The van der Waals surface area contributed by atoms with Crippen molar-refractivity contribution in [2.75, 3.05) is 32.2 Å². The lowest BCUT2D eigenvalue weighted by atomic mass is 9.96. The van der Waals surface area contributed by atoms with Gasteiger partial charge in [0, 0.05) is 48.6 Å². The number of oxazole rings is 1. The third-order valence-electron chi connectivity index (χ3n) is 9.89. The van der Waals surface area contributed by atoms with E-state index in [1.54, 1.807) is 31.3 Å². The average Bonchev–Trinajstić information content (AvgIpc) is 3.55. The fourth-order valence-electron chi connectivity index (χ4n) is 6.27. The molecule has 0 saturated carbocycles. The van der Waals surface area contributed by atoms with Crippen molar-refractivity contribution >= 4 is 28.7 Å². The lowest BCUT2D eigenvalue weighted by Gasteiger charge is -2.45. The van der Waals surface area contributed by atoms with Gasteiger partial charge >= 0.3 is 0 Å². The second-order valence-electron chi connectivity index (χ2n) is 13.4. The number of pyridine rings is 1. The molecule has 3 N–H and O–H groups in total. The minimum atomic E-state index is -0.865. The molecule has 0 bridgehead atoms. The Bertz CT molecular complexity index is 2060. The molecule has 2 aromatic heterocycles. The number of benzene rings is 3. The highest BCUT2D eigenvalue weighted by Gasteiger charge is 2.37. The average molecular weight is 711 g/mol. The quantitative estimate of drug-likeness (QED) is 0.121. The Labute approximate surface area is 303 Å². The number of anilines is 1. The van der Waals surface area contributed by atoms with Gasteiger partial charge in [0.1, 0.15) is 36.3 Å². The van der Waals surface area contributed by atoms with Crippen LogP contribution in [-0.2, 0) is 19.8 Å². The first-order valence-corrected chi connectivity index (χ1v) is 17.2. The Morgan fingerprint density at radius 2 is 1.86 bits per heavy atom. The van der Waals surface area contributed by atoms with Gasteiger partial charge in [-0.1, -0.05) is 35.9 Å². The van der Waals surface area contributed by atoms with Crippen LogP contribution in [0, 0.1) is 18.3 Å². The largest absolute Gasteiger partial charge is 0.488 e. The molecule has 3 aromatic carbocycles. The van der Waals surface area contributed by atoms with Crippen molar-refractivity contribution in [2.24, 2.45) is 0 Å². The Balaban J connectivity index is 1.24. The number of nitrogens with one attached hydrogen (secondary N) is 1. The van der Waals surface area contributed by atoms with Gasteiger partial charge in [-0.15, -0.1) is 0 Å². The van der Waals surface area contributed by atoms with Crippen LogP contribution in [0.3, 0.4) is 0 Å². The summed E-state index contributed by atoms with van der Waals surface area (Å²) in [7, 11) is 3.76. The van der Waals surface area contributed by atoms with Crippen molar-refractivity contribution < 1.29 is 24.1 Å². The summed E-state index contributed by atoms with van der Waals surface area (Å²) < 4.78 is 18.7. The molecule has 3 heterocycles. The summed E-state index contributed by atoms with van der Waals surface area (Å²) in [5, 5.41) is 33.0. The number of ether oxygens (including phenoxy) is 2. The molecule has 12 heteroatoms. The van der Waals surface area contributed by atoms with Crippen molar-refractivity contribution in [3.05, 3.63) is 99.8 Å². The van der Waals surface area contributed by atoms with E-state index >= 15 is 0 Å². The van der Waals surface area contributed by atoms with Gasteiger partial charge in [-0.2, -0.15) is 10.2 Å². The number of nitriles is 1. The summed E-state index contributed by atoms with van der Waals surface area (Å²) in [5.74, 6) is 0.955. The number of aromatic nitrogens is 2. The maximum absolute atomic E-state index is 9.98. The second-order valence-corrected chi connectivity index (χ2v) is 13.8. The van der Waals surface area contributed by atoms with Gasteiger partial charge in [0.15, 0.2) is 5.58 Å². The predicted molar refractivity (Wildman–Crippen MR) is 197 cm³/mol. The van der Waals surface area contributed by atoms with Gasteiger partial charge in [0.05, 0.1) is 35.5 Å². The first-order chi connectivity index (χ1) is 24.6. The van der Waals surface area contributed by atoms with E-state index in [0.29, 0.717) is 40.7 Å². The number of likely N-dealkylation sites (N-methyl/N-ethyl adjacent to an activating group) is 1. The highest BCUT2D eigenvalue weighted by molar-refractivity contribution is 6.32. The van der Waals surface area contributed by atoms with Gasteiger partial charge < -0.3 is 34.3 Å². The summed E-state index contributed by atoms with van der Waals surface area (Å²) in [5.41, 5.74) is 6.72. The molecule has 0 aliphatic carbocycles. The Kier molecular flexibility index (Phi) is 10.8. The van der Waals surface area contributed by atoms with Crippen LogP contribution in [0.1, 0.15) is 48.1 Å². The number of hydrogen-bond acceptors (Lipinski definition) is 11. The molecule has 5 aromatic rings. The Morgan fingerprint density at radius 1 is 1.08 bits per heavy atom. The van der Waals surface area contributed by atoms with Crippen molar-refractivity contribution in [3.8, 4) is 28.7 Å². The summed E-state index contributed by atoms with van der Waals surface area (Å²) in [4.78, 5) is 13.0. The highest BCUT2D eigenvalue weighted by atomic mass is 35.5. The number of fused-ring (bicyclic) bond motifs is 1. The molecule has 51 heavy (non-hydrogen) atoms. The molecule has 0 radical (unpaired) electrons. The zero-order valence-electron chi connectivity index (χ0n) is 29.5. The molecular weight excluding hydrogens is 668 g/mol. The number of aliphatic hydroxyl groups is 2. The molecule has 1 saturated heterocycles. The first kappa shape index (κ1) is 36.1. The molecule has 1 unspecified atom stereocenters. The summed E-state index contributed by atoms with van der Waals surface area (Å²) >= 11 is 6.81. The number of rotatable bonds is 14. The maximum Gasteiger partial charge on any atom is 0.299 e. The van der Waals surface area contributed by atoms with Crippen LogP contribution in [-0.4, -0.2) is 70.1 Å². The maximum atomic E-state index is 9.98. The van der Waals surface area contributed by atoms with E-state index in [4.69, 9.17) is 30.5 Å². The smallest absolute Gasteiger partial charge is 0.299 e. The van der Waals surface area contributed by atoms with Crippen molar-refractivity contribution in [1.82, 2.24) is 20.2 Å². The lowest BCUT2D eigenvalue weighted by Crippen LogP contribution is -2.60. The van der Waals surface area contributed by atoms with Crippen molar-refractivity contribution in [2.45, 2.75) is 64.7 Å². The molecule has 2 atom stereocenters. The van der Waals surface area contributed by atoms with E-state index in [0.717, 1.165) is 50.9 Å². The molecule has 0 spiro atoms. The van der Waals surface area contributed by atoms with Gasteiger partial charge in [-0.25, -0.2) is 0 Å². The first-order valence-electron chi connectivity index (χ1n) is 16.9. The van der Waals surface area contributed by atoms with Crippen molar-refractivity contribution in [3.63, 3.8) is 0 Å². The normalized spacial score (nSPS) is 16.0. The molecule has 0 amide bonds. The molecule has 11 nitrogen and oxygen atoms in total. The number of halogens is 1. The third-order valence-corrected chi connectivity index (χ3v) is 10.2. The zero-order chi connectivity index (χ0) is 36.3. The summed E-state index contributed by atoms with van der Waals surface area (Å²) in [6.07, 6.45) is 4.40. The van der Waals surface area contributed by atoms with Crippen LogP contribution in [0.4, 0.5) is 6.01 Å². The number of hydrogen-bond donors (Lipinski definition) is 3. The zero-order valence-corrected chi connectivity index (χ0v) is 30.2. The van der Waals surface area contributed by atoms with E-state index < -0.39 is 5.54 Å². The number of nitrogens with zero attached hydrogens (tertiary/aromatic N) is 5. The van der Waals surface area contributed by atoms with Crippen LogP contribution < -0.4 is 19.7 Å². The molecular formula is C39H43ClN6O5. The molecule has 6 rings (SSSR count). The number of aliphatic hydroxyl groups excluding tert-OH is 2. The lowest BCUT2D eigenvalue weighted by molar-refractivity contribution is 0.0104. The Hall–Kier alpha value is -4.70. The van der Waals surface area contributed by atoms with Crippen LogP contribution in [0.15, 0.2) is 71.4 Å². The van der Waals surface area contributed by atoms with Crippen LogP contribution in [0.25, 0.3) is 22.2 Å². The Morgan fingerprint density at radius 3 is 2.59 bits per heavy atom. The van der Waals surface area contributed by atoms with Gasteiger partial charge in [-0.05, 0) is 81.4 Å². The fraction of sp³-hybridized carbons (Fsp3) is 0.359. The van der Waals surface area contributed by atoms with E-state index in [1.165, 1.54) is 6.20 Å². The molecule has 266 valence electrons. The van der Waals surface area contributed by atoms with E-state index in [9.17, 15) is 15.5 Å². The SMILES string of the molecule is CNC1C[C@@H](C)N1c1nc2cc(-c3cccc(COc4cc(OCc5cncc(C#N)c5)c(CN(C)C(C)(CO)CO)cc4Cl)c3C)ccc2o1. The van der Waals surface area contributed by atoms with Crippen LogP contribution in [0.2, 0.25) is 5.02 Å². The van der Waals surface area contributed by atoms with Gasteiger partial charge in [0.25, 0.3) is 6.01 Å². The molecule has 1 aliphatic heterocycles. The molecule has 1 aliphatic rings. The van der Waals surface area contributed by atoms with Crippen LogP contribution >= 0.6 is 11.6 Å². The second kappa shape index (κ2) is 15.3. The van der Waals surface area contributed by atoms with Gasteiger partial charge in [0.2, 0.25) is 0 Å². The highest BCUT2D eigenvalue weighted by Crippen LogP contribution is 2.37. The summed E-state index contributed by atoms with van der Waals surface area (Å²) in [6.45, 7) is 6.28. The predicted octanol–water partition coefficient (Wildman–Crippen LogP) is 6.20. The van der Waals surface area contributed by atoms with Crippen LogP contribution in [0.5, 0.6) is 11.5 Å². The van der Waals surface area contributed by atoms with E-state index in [1.807, 2.05) is 37.2 Å². The molecule has 1 fully saturated rings. The third kappa shape index (κ3) is 7.52. The summed E-state index contributed by atoms with van der Waals surface area (Å²) in [6, 6.07) is 20.6. The topological polar surface area (TPSA) is 140 Å². The minimum Gasteiger partial charge on any atom is -0.488 e.